The maximum Gasteiger partial charge on any atom is 0.224 e. The maximum atomic E-state index is 13.2. The normalized spacial score (nSPS) is 18.7. The van der Waals surface area contributed by atoms with Gasteiger partial charge in [-0.05, 0) is 60.1 Å². The minimum Gasteiger partial charge on any atom is -0.355 e. The summed E-state index contributed by atoms with van der Waals surface area (Å²) in [6.07, 6.45) is 4.50. The van der Waals surface area contributed by atoms with Crippen LogP contribution in [0.15, 0.2) is 72.9 Å². The van der Waals surface area contributed by atoms with Gasteiger partial charge >= 0.3 is 0 Å². The van der Waals surface area contributed by atoms with Gasteiger partial charge in [-0.25, -0.2) is 0 Å². The van der Waals surface area contributed by atoms with Gasteiger partial charge in [0.2, 0.25) is 5.91 Å². The van der Waals surface area contributed by atoms with E-state index in [1.54, 1.807) is 6.20 Å². The first-order valence-electron chi connectivity index (χ1n) is 12.2. The van der Waals surface area contributed by atoms with E-state index in [2.05, 4.69) is 77.6 Å². The van der Waals surface area contributed by atoms with E-state index in [-0.39, 0.29) is 11.8 Å². The van der Waals surface area contributed by atoms with Gasteiger partial charge in [0.05, 0.1) is 5.92 Å². The summed E-state index contributed by atoms with van der Waals surface area (Å²) in [7, 11) is 0. The Labute approximate surface area is 198 Å². The lowest BCUT2D eigenvalue weighted by Gasteiger charge is -2.38. The first-order chi connectivity index (χ1) is 16.1. The second-order valence-electron chi connectivity index (χ2n) is 9.21. The number of aryl methyl sites for hydroxylation is 2. The SMILES string of the molecule is CCc1ccc(C2CC(C(=O)NCCc3ccccn3)CN(Cc3ccccc3C)C2)cc1. The third-order valence-electron chi connectivity index (χ3n) is 6.82. The van der Waals surface area contributed by atoms with E-state index in [1.807, 2.05) is 18.2 Å². The van der Waals surface area contributed by atoms with Crippen molar-refractivity contribution in [2.45, 2.75) is 45.6 Å². The Hall–Kier alpha value is -2.98. The average Bonchev–Trinajstić information content (AvgIpc) is 2.86. The van der Waals surface area contributed by atoms with Crippen molar-refractivity contribution in [3.63, 3.8) is 0 Å². The van der Waals surface area contributed by atoms with Crippen LogP contribution >= 0.6 is 0 Å². The minimum absolute atomic E-state index is 0.0117. The molecule has 1 aliphatic rings. The number of benzene rings is 2. The van der Waals surface area contributed by atoms with E-state index in [1.165, 1.54) is 22.3 Å². The second-order valence-corrected chi connectivity index (χ2v) is 9.21. The number of nitrogens with zero attached hydrogens (tertiary/aromatic N) is 2. The van der Waals surface area contributed by atoms with Gasteiger partial charge in [0, 0.05) is 44.5 Å². The number of aromatic nitrogens is 1. The van der Waals surface area contributed by atoms with Gasteiger partial charge in [-0.15, -0.1) is 0 Å². The Morgan fingerprint density at radius 1 is 1.03 bits per heavy atom. The molecule has 1 fully saturated rings. The number of hydrogen-bond acceptors (Lipinski definition) is 3. The summed E-state index contributed by atoms with van der Waals surface area (Å²) < 4.78 is 0. The Bertz CT molecular complexity index is 1030. The lowest BCUT2D eigenvalue weighted by atomic mass is 9.83. The summed E-state index contributed by atoms with van der Waals surface area (Å²) in [6, 6.07) is 23.5. The molecule has 2 heterocycles. The van der Waals surface area contributed by atoms with Crippen LogP contribution in [0.4, 0.5) is 0 Å². The molecule has 1 saturated heterocycles. The molecular weight excluding hydrogens is 406 g/mol. The molecule has 4 rings (SSSR count). The smallest absolute Gasteiger partial charge is 0.224 e. The van der Waals surface area contributed by atoms with Crippen LogP contribution < -0.4 is 5.32 Å². The molecular formula is C29H35N3O. The molecule has 3 aromatic rings. The molecule has 1 amide bonds. The standard InChI is InChI=1S/C29H35N3O/c1-3-23-11-13-24(14-12-23)26-18-27(29(33)31-17-15-28-10-6-7-16-30-28)21-32(20-26)19-25-9-5-4-8-22(25)2/h4-14,16,26-27H,3,15,17-21H2,1-2H3,(H,31,33). The highest BCUT2D eigenvalue weighted by Crippen LogP contribution is 2.32. The summed E-state index contributed by atoms with van der Waals surface area (Å²) >= 11 is 0. The molecule has 2 atom stereocenters. The fourth-order valence-electron chi connectivity index (χ4n) is 4.81. The summed E-state index contributed by atoms with van der Waals surface area (Å²) in [6.45, 7) is 7.64. The Morgan fingerprint density at radius 3 is 2.55 bits per heavy atom. The molecule has 1 aromatic heterocycles. The van der Waals surface area contributed by atoms with Crippen LogP contribution in [-0.2, 0) is 24.2 Å². The van der Waals surface area contributed by atoms with Crippen LogP contribution in [0.2, 0.25) is 0 Å². The highest BCUT2D eigenvalue weighted by atomic mass is 16.1. The molecule has 0 spiro atoms. The first kappa shape index (κ1) is 23.2. The average molecular weight is 442 g/mol. The highest BCUT2D eigenvalue weighted by Gasteiger charge is 2.32. The molecule has 1 aliphatic heterocycles. The molecule has 0 bridgehead atoms. The second kappa shape index (κ2) is 11.2. The van der Waals surface area contributed by atoms with Crippen LogP contribution in [0.1, 0.15) is 47.2 Å². The van der Waals surface area contributed by atoms with Crippen LogP contribution in [0.25, 0.3) is 0 Å². The largest absolute Gasteiger partial charge is 0.355 e. The summed E-state index contributed by atoms with van der Waals surface area (Å²) in [5.74, 6) is 0.512. The fraction of sp³-hybridized carbons (Fsp3) is 0.379. The number of nitrogens with one attached hydrogen (secondary N) is 1. The van der Waals surface area contributed by atoms with E-state index in [0.717, 1.165) is 44.6 Å². The van der Waals surface area contributed by atoms with Crippen molar-refractivity contribution in [1.82, 2.24) is 15.2 Å². The van der Waals surface area contributed by atoms with Gasteiger partial charge < -0.3 is 5.32 Å². The van der Waals surface area contributed by atoms with Crippen LogP contribution in [-0.4, -0.2) is 35.4 Å². The third kappa shape index (κ3) is 6.29. The van der Waals surface area contributed by atoms with E-state index in [0.29, 0.717) is 12.5 Å². The van der Waals surface area contributed by atoms with Crippen molar-refractivity contribution < 1.29 is 4.79 Å². The number of carbonyl (C=O) groups is 1. The predicted molar refractivity (Wildman–Crippen MR) is 134 cm³/mol. The highest BCUT2D eigenvalue weighted by molar-refractivity contribution is 5.79. The molecule has 0 radical (unpaired) electrons. The fourth-order valence-corrected chi connectivity index (χ4v) is 4.81. The number of piperidine rings is 1. The van der Waals surface area contributed by atoms with Crippen molar-refractivity contribution in [3.8, 4) is 0 Å². The first-order valence-corrected chi connectivity index (χ1v) is 12.2. The number of hydrogen-bond donors (Lipinski definition) is 1. The molecule has 33 heavy (non-hydrogen) atoms. The zero-order valence-electron chi connectivity index (χ0n) is 19.8. The molecule has 172 valence electrons. The topological polar surface area (TPSA) is 45.2 Å². The Balaban J connectivity index is 1.45. The van der Waals surface area contributed by atoms with E-state index >= 15 is 0 Å². The summed E-state index contributed by atoms with van der Waals surface area (Å²) in [5, 5.41) is 3.18. The molecule has 0 saturated carbocycles. The van der Waals surface area contributed by atoms with Gasteiger partial charge in [0.1, 0.15) is 0 Å². The van der Waals surface area contributed by atoms with Gasteiger partial charge in [0.25, 0.3) is 0 Å². The molecule has 2 aromatic carbocycles. The van der Waals surface area contributed by atoms with E-state index < -0.39 is 0 Å². The monoisotopic (exact) mass is 441 g/mol. The van der Waals surface area contributed by atoms with Gasteiger partial charge in [-0.3, -0.25) is 14.7 Å². The molecule has 4 heteroatoms. The van der Waals surface area contributed by atoms with Crippen LogP contribution in [0.5, 0.6) is 0 Å². The third-order valence-corrected chi connectivity index (χ3v) is 6.82. The van der Waals surface area contributed by atoms with Crippen molar-refractivity contribution in [3.05, 3.63) is 101 Å². The lowest BCUT2D eigenvalue weighted by molar-refractivity contribution is -0.127. The molecule has 0 aliphatic carbocycles. The van der Waals surface area contributed by atoms with Crippen molar-refractivity contribution in [2.75, 3.05) is 19.6 Å². The van der Waals surface area contributed by atoms with Crippen LogP contribution in [0, 0.1) is 12.8 Å². The van der Waals surface area contributed by atoms with Gasteiger partial charge in [-0.2, -0.15) is 0 Å². The van der Waals surface area contributed by atoms with E-state index in [4.69, 9.17) is 0 Å². The zero-order valence-corrected chi connectivity index (χ0v) is 19.8. The zero-order chi connectivity index (χ0) is 23.0. The minimum atomic E-state index is -0.0117. The van der Waals surface area contributed by atoms with Gasteiger partial charge in [-0.1, -0.05) is 61.5 Å². The quantitative estimate of drug-likeness (QED) is 0.540. The number of rotatable bonds is 8. The van der Waals surface area contributed by atoms with Crippen LogP contribution in [0.3, 0.4) is 0 Å². The maximum absolute atomic E-state index is 13.2. The summed E-state index contributed by atoms with van der Waals surface area (Å²) in [5.41, 5.74) is 6.36. The number of carbonyl (C=O) groups excluding carboxylic acids is 1. The lowest BCUT2D eigenvalue weighted by Crippen LogP contribution is -2.45. The Morgan fingerprint density at radius 2 is 1.82 bits per heavy atom. The van der Waals surface area contributed by atoms with Crippen molar-refractivity contribution in [2.24, 2.45) is 5.92 Å². The molecule has 4 nitrogen and oxygen atoms in total. The molecule has 2 unspecified atom stereocenters. The predicted octanol–water partition coefficient (Wildman–Crippen LogP) is 4.92. The number of likely N-dealkylation sites (tertiary alicyclic amines) is 1. The van der Waals surface area contributed by atoms with E-state index in [9.17, 15) is 4.79 Å². The number of amides is 1. The number of pyridine rings is 1. The van der Waals surface area contributed by atoms with Gasteiger partial charge in [0.15, 0.2) is 0 Å². The molecule has 1 N–H and O–H groups in total. The summed E-state index contributed by atoms with van der Waals surface area (Å²) in [4.78, 5) is 20.0. The Kier molecular flexibility index (Phi) is 7.90. The van der Waals surface area contributed by atoms with Crippen molar-refractivity contribution in [1.29, 1.82) is 0 Å². The van der Waals surface area contributed by atoms with Crippen molar-refractivity contribution >= 4 is 5.91 Å².